The highest BCUT2D eigenvalue weighted by Crippen LogP contribution is 2.32. The number of aliphatic hydroxyl groups is 5. The molecule has 238 valence electrons. The summed E-state index contributed by atoms with van der Waals surface area (Å²) in [5.74, 6) is -0.810. The summed E-state index contributed by atoms with van der Waals surface area (Å²) in [6.45, 7) is 0.939. The van der Waals surface area contributed by atoms with Crippen LogP contribution in [-0.2, 0) is 23.7 Å². The third kappa shape index (κ3) is 7.51. The average Bonchev–Trinajstić information content (AvgIpc) is 2.94. The summed E-state index contributed by atoms with van der Waals surface area (Å²) in [5, 5.41) is 61.3. The van der Waals surface area contributed by atoms with E-state index < -0.39 is 85.9 Å². The standard InChI is InChI=1S/C24H47N7O10/c25-4-10-1-2-12(30-9-6-29-7-9)23(38-10)40-20-11(27)3-13(31-22(37)14(33)5-26)21(19(20)36)41-24-18(35)16(28)17(34)15(8-32)39-24/h9-21,23-24,29-30,32-36H,1-8,25-28H2,(H,31,37)/t10-,11-,12+,13+,14-,15+,16-,17+,18+,19-,20?,21-,23+,24+/m0/s1. The third-order valence-corrected chi connectivity index (χ3v) is 8.34. The van der Waals surface area contributed by atoms with Crippen molar-refractivity contribution in [2.45, 2.75) is 111 Å². The minimum Gasteiger partial charge on any atom is -0.394 e. The molecule has 3 saturated heterocycles. The van der Waals surface area contributed by atoms with Crippen LogP contribution in [0.5, 0.6) is 0 Å². The first-order chi connectivity index (χ1) is 19.6. The van der Waals surface area contributed by atoms with Gasteiger partial charge in [-0.05, 0) is 19.3 Å². The number of nitrogens with one attached hydrogen (secondary N) is 3. The number of nitrogens with two attached hydrogens (primary N) is 4. The Morgan fingerprint density at radius 3 is 2.29 bits per heavy atom. The summed E-state index contributed by atoms with van der Waals surface area (Å²) in [6, 6.07) is -2.98. The van der Waals surface area contributed by atoms with E-state index in [2.05, 4.69) is 16.0 Å². The lowest BCUT2D eigenvalue weighted by Gasteiger charge is -2.49. The van der Waals surface area contributed by atoms with Gasteiger partial charge in [0.15, 0.2) is 12.6 Å². The number of aliphatic hydroxyl groups excluding tert-OH is 5. The van der Waals surface area contributed by atoms with E-state index in [-0.39, 0.29) is 37.7 Å². The van der Waals surface area contributed by atoms with E-state index in [1.807, 2.05) is 0 Å². The number of hydrogen-bond donors (Lipinski definition) is 12. The molecule has 4 rings (SSSR count). The molecule has 0 aromatic carbocycles. The molecule has 0 radical (unpaired) electrons. The van der Waals surface area contributed by atoms with Crippen molar-refractivity contribution in [3.8, 4) is 0 Å². The molecule has 3 heterocycles. The molecule has 3 aliphatic heterocycles. The van der Waals surface area contributed by atoms with Crippen LogP contribution in [0.3, 0.4) is 0 Å². The molecule has 17 heteroatoms. The number of carbonyl (C=O) groups excluding carboxylic acids is 1. The van der Waals surface area contributed by atoms with Gasteiger partial charge in [0.2, 0.25) is 5.91 Å². The summed E-state index contributed by atoms with van der Waals surface area (Å²) in [6.07, 6.45) is -10.5. The molecule has 1 amide bonds. The van der Waals surface area contributed by atoms with Gasteiger partial charge in [-0.1, -0.05) is 0 Å². The Bertz CT molecular complexity index is 845. The Morgan fingerprint density at radius 2 is 1.68 bits per heavy atom. The molecule has 0 spiro atoms. The summed E-state index contributed by atoms with van der Waals surface area (Å²) < 4.78 is 24.0. The molecule has 4 aliphatic rings. The summed E-state index contributed by atoms with van der Waals surface area (Å²) in [4.78, 5) is 12.5. The van der Waals surface area contributed by atoms with Crippen LogP contribution in [0, 0.1) is 0 Å². The van der Waals surface area contributed by atoms with Gasteiger partial charge in [-0.2, -0.15) is 0 Å². The Balaban J connectivity index is 1.54. The molecule has 4 fully saturated rings. The second-order valence-electron chi connectivity index (χ2n) is 11.3. The third-order valence-electron chi connectivity index (χ3n) is 8.34. The average molecular weight is 594 g/mol. The van der Waals surface area contributed by atoms with Gasteiger partial charge in [-0.25, -0.2) is 0 Å². The Labute approximate surface area is 238 Å². The summed E-state index contributed by atoms with van der Waals surface area (Å²) in [5.41, 5.74) is 23.7. The first-order valence-corrected chi connectivity index (χ1v) is 14.2. The van der Waals surface area contributed by atoms with Crippen LogP contribution in [0.15, 0.2) is 0 Å². The van der Waals surface area contributed by atoms with E-state index in [1.54, 1.807) is 0 Å². The smallest absolute Gasteiger partial charge is 0.250 e. The van der Waals surface area contributed by atoms with Crippen molar-refractivity contribution in [3.05, 3.63) is 0 Å². The van der Waals surface area contributed by atoms with Crippen molar-refractivity contribution in [2.24, 2.45) is 22.9 Å². The van der Waals surface area contributed by atoms with E-state index in [4.69, 9.17) is 41.9 Å². The maximum Gasteiger partial charge on any atom is 0.250 e. The fourth-order valence-corrected chi connectivity index (χ4v) is 5.69. The largest absolute Gasteiger partial charge is 0.394 e. The lowest BCUT2D eigenvalue weighted by atomic mass is 9.83. The molecular formula is C24H47N7O10. The Morgan fingerprint density at radius 1 is 0.976 bits per heavy atom. The van der Waals surface area contributed by atoms with Gasteiger partial charge in [0.1, 0.15) is 42.7 Å². The number of ether oxygens (including phenoxy) is 4. The van der Waals surface area contributed by atoms with Gasteiger partial charge >= 0.3 is 0 Å². The van der Waals surface area contributed by atoms with Gasteiger partial charge in [0.05, 0.1) is 30.8 Å². The van der Waals surface area contributed by atoms with Crippen molar-refractivity contribution in [3.63, 3.8) is 0 Å². The normalized spacial score (nSPS) is 44.7. The van der Waals surface area contributed by atoms with Crippen LogP contribution in [0.25, 0.3) is 0 Å². The number of hydrogen-bond acceptors (Lipinski definition) is 16. The molecule has 0 aromatic rings. The second kappa shape index (κ2) is 14.6. The fourth-order valence-electron chi connectivity index (χ4n) is 5.69. The predicted octanol–water partition coefficient (Wildman–Crippen LogP) is -7.19. The number of amides is 1. The zero-order chi connectivity index (χ0) is 29.8. The molecule has 14 atom stereocenters. The zero-order valence-corrected chi connectivity index (χ0v) is 22.9. The number of rotatable bonds is 11. The van der Waals surface area contributed by atoms with Crippen molar-refractivity contribution < 1.29 is 49.3 Å². The van der Waals surface area contributed by atoms with Gasteiger partial charge < -0.3 is 83.4 Å². The SMILES string of the molecule is NC[C@@H]1CC[C@@H](NC2CNC2)[C@@H](OC2[C@@H](N)C[C@@H](NC(=O)[C@@H](O)CN)[C@H](O[C@H]3O[C@H](CO)[C@@H](O)[C@H](N)[C@H]3O)[C@H]2O)O1. The monoisotopic (exact) mass is 593 g/mol. The van der Waals surface area contributed by atoms with Crippen LogP contribution < -0.4 is 38.9 Å². The van der Waals surface area contributed by atoms with Crippen LogP contribution >= 0.6 is 0 Å². The Hall–Kier alpha value is -1.13. The highest BCUT2D eigenvalue weighted by Gasteiger charge is 2.51. The first kappa shape index (κ1) is 32.8. The van der Waals surface area contributed by atoms with E-state index in [0.29, 0.717) is 0 Å². The van der Waals surface area contributed by atoms with Crippen LogP contribution in [-0.4, -0.2) is 156 Å². The number of carbonyl (C=O) groups is 1. The molecule has 0 aromatic heterocycles. The van der Waals surface area contributed by atoms with Gasteiger partial charge in [-0.15, -0.1) is 0 Å². The van der Waals surface area contributed by atoms with Crippen molar-refractivity contribution in [1.82, 2.24) is 16.0 Å². The van der Waals surface area contributed by atoms with E-state index in [9.17, 15) is 30.3 Å². The zero-order valence-electron chi connectivity index (χ0n) is 22.9. The molecule has 1 saturated carbocycles. The van der Waals surface area contributed by atoms with Gasteiger partial charge in [-0.3, -0.25) is 4.79 Å². The van der Waals surface area contributed by atoms with E-state index in [1.165, 1.54) is 0 Å². The van der Waals surface area contributed by atoms with Gasteiger partial charge in [0.25, 0.3) is 0 Å². The van der Waals surface area contributed by atoms with Crippen molar-refractivity contribution in [2.75, 3.05) is 32.8 Å². The van der Waals surface area contributed by atoms with Crippen molar-refractivity contribution in [1.29, 1.82) is 0 Å². The first-order valence-electron chi connectivity index (χ1n) is 14.2. The maximum absolute atomic E-state index is 12.5. The minimum absolute atomic E-state index is 0.0357. The molecule has 17 nitrogen and oxygen atoms in total. The minimum atomic E-state index is -1.54. The highest BCUT2D eigenvalue weighted by atomic mass is 16.7. The predicted molar refractivity (Wildman–Crippen MR) is 142 cm³/mol. The molecule has 0 bridgehead atoms. The highest BCUT2D eigenvalue weighted by molar-refractivity contribution is 5.81. The molecule has 41 heavy (non-hydrogen) atoms. The Kier molecular flexibility index (Phi) is 11.6. The summed E-state index contributed by atoms with van der Waals surface area (Å²) >= 11 is 0. The van der Waals surface area contributed by atoms with Crippen LogP contribution in [0.2, 0.25) is 0 Å². The molecule has 1 aliphatic carbocycles. The van der Waals surface area contributed by atoms with E-state index in [0.717, 1.165) is 25.9 Å². The lowest BCUT2D eigenvalue weighted by Crippen LogP contribution is -2.69. The van der Waals surface area contributed by atoms with Crippen LogP contribution in [0.4, 0.5) is 0 Å². The van der Waals surface area contributed by atoms with Crippen molar-refractivity contribution >= 4 is 5.91 Å². The maximum atomic E-state index is 12.5. The quantitative estimate of drug-likeness (QED) is 0.106. The molecular weight excluding hydrogens is 546 g/mol. The lowest BCUT2D eigenvalue weighted by molar-refractivity contribution is -0.314. The fraction of sp³-hybridized carbons (Fsp3) is 0.958. The van der Waals surface area contributed by atoms with Crippen LogP contribution in [0.1, 0.15) is 19.3 Å². The van der Waals surface area contributed by atoms with Gasteiger partial charge in [0, 0.05) is 38.3 Å². The van der Waals surface area contributed by atoms with E-state index >= 15 is 0 Å². The molecule has 1 unspecified atom stereocenters. The topological polar surface area (TPSA) is 295 Å². The second-order valence-corrected chi connectivity index (χ2v) is 11.3. The molecule has 16 N–H and O–H groups in total. The summed E-state index contributed by atoms with van der Waals surface area (Å²) in [7, 11) is 0.